The van der Waals surface area contributed by atoms with Crippen LogP contribution >= 0.6 is 0 Å². The molecule has 6 heteroatoms. The lowest BCUT2D eigenvalue weighted by atomic mass is 10.00. The smallest absolute Gasteiger partial charge is 0.232 e. The first-order valence-corrected chi connectivity index (χ1v) is 9.32. The first-order chi connectivity index (χ1) is 14.1. The molecule has 0 bridgehead atoms. The molecule has 29 heavy (non-hydrogen) atoms. The quantitative estimate of drug-likeness (QED) is 0.606. The number of carbonyl (C=O) groups excluding carboxylic acids is 1. The fraction of sp³-hybridized carbons (Fsp3) is 0.174. The van der Waals surface area contributed by atoms with Crippen LogP contribution in [0.4, 0.5) is 4.39 Å². The van der Waals surface area contributed by atoms with Crippen LogP contribution in [0.5, 0.6) is 11.5 Å². The molecule has 146 valence electrons. The van der Waals surface area contributed by atoms with Crippen molar-refractivity contribution in [3.63, 3.8) is 0 Å². The van der Waals surface area contributed by atoms with Crippen LogP contribution in [0.2, 0.25) is 0 Å². The molecule has 0 N–H and O–H groups in total. The minimum Gasteiger partial charge on any atom is -0.477 e. The standard InChI is InChI=1S/C23H18FNO4/c1-14-22-16(12-25(13-28-22)11-15-4-6-17(24)7-5-15)9-19-21(26)20(29-23(14)19)10-18-3-2-8-27-18/h2-10H,11-13H2,1H3/b20-10-. The molecule has 0 amide bonds. The molecular weight excluding hydrogens is 373 g/mol. The van der Waals surface area contributed by atoms with Gasteiger partial charge in [0.15, 0.2) is 5.76 Å². The van der Waals surface area contributed by atoms with Crippen LogP contribution in [-0.2, 0) is 13.1 Å². The highest BCUT2D eigenvalue weighted by molar-refractivity contribution is 6.15. The third-order valence-electron chi connectivity index (χ3n) is 5.14. The second-order valence-corrected chi connectivity index (χ2v) is 7.21. The zero-order valence-electron chi connectivity index (χ0n) is 15.8. The summed E-state index contributed by atoms with van der Waals surface area (Å²) in [7, 11) is 0. The fourth-order valence-corrected chi connectivity index (χ4v) is 3.75. The number of rotatable bonds is 3. The van der Waals surface area contributed by atoms with Gasteiger partial charge < -0.3 is 13.9 Å². The first-order valence-electron chi connectivity index (χ1n) is 9.32. The van der Waals surface area contributed by atoms with Crippen LogP contribution in [0.15, 0.2) is 58.9 Å². The number of allylic oxidation sites excluding steroid dienone is 1. The van der Waals surface area contributed by atoms with Gasteiger partial charge in [0, 0.05) is 30.3 Å². The Hall–Kier alpha value is -3.38. The van der Waals surface area contributed by atoms with E-state index in [-0.39, 0.29) is 17.4 Å². The molecule has 0 radical (unpaired) electrons. The second-order valence-electron chi connectivity index (χ2n) is 7.21. The highest BCUT2D eigenvalue weighted by atomic mass is 19.1. The van der Waals surface area contributed by atoms with Crippen LogP contribution in [0.25, 0.3) is 6.08 Å². The Morgan fingerprint density at radius 1 is 1.17 bits per heavy atom. The molecule has 0 saturated carbocycles. The Labute approximate surface area is 167 Å². The molecule has 2 aromatic carbocycles. The Morgan fingerprint density at radius 2 is 2.00 bits per heavy atom. The van der Waals surface area contributed by atoms with Crippen LogP contribution in [0.3, 0.4) is 0 Å². The van der Waals surface area contributed by atoms with Gasteiger partial charge in [0.05, 0.1) is 11.8 Å². The summed E-state index contributed by atoms with van der Waals surface area (Å²) in [4.78, 5) is 14.9. The summed E-state index contributed by atoms with van der Waals surface area (Å²) in [5.41, 5.74) is 3.28. The van der Waals surface area contributed by atoms with E-state index >= 15 is 0 Å². The van der Waals surface area contributed by atoms with E-state index in [1.54, 1.807) is 36.6 Å². The molecule has 3 aromatic rings. The van der Waals surface area contributed by atoms with E-state index in [1.165, 1.54) is 12.1 Å². The topological polar surface area (TPSA) is 51.9 Å². The monoisotopic (exact) mass is 391 g/mol. The molecule has 0 spiro atoms. The zero-order chi connectivity index (χ0) is 20.0. The van der Waals surface area contributed by atoms with E-state index in [0.29, 0.717) is 36.9 Å². The van der Waals surface area contributed by atoms with Gasteiger partial charge in [0.2, 0.25) is 5.78 Å². The molecule has 5 nitrogen and oxygen atoms in total. The maximum Gasteiger partial charge on any atom is 0.232 e. The largest absolute Gasteiger partial charge is 0.477 e. The summed E-state index contributed by atoms with van der Waals surface area (Å²) in [5, 5.41) is 0. The average Bonchev–Trinajstić information content (AvgIpc) is 3.33. The van der Waals surface area contributed by atoms with E-state index in [4.69, 9.17) is 13.9 Å². The molecule has 2 aliphatic rings. The van der Waals surface area contributed by atoms with E-state index in [9.17, 15) is 9.18 Å². The third kappa shape index (κ3) is 3.21. The van der Waals surface area contributed by atoms with Crippen LogP contribution in [0.1, 0.15) is 32.8 Å². The number of nitrogens with zero attached hydrogens (tertiary/aromatic N) is 1. The number of carbonyl (C=O) groups is 1. The molecule has 0 atom stereocenters. The van der Waals surface area contributed by atoms with Crippen molar-refractivity contribution in [1.82, 2.24) is 4.90 Å². The lowest BCUT2D eigenvalue weighted by molar-refractivity contribution is 0.0876. The molecular formula is C23H18FNO4. The van der Waals surface area contributed by atoms with Crippen molar-refractivity contribution < 1.29 is 23.1 Å². The van der Waals surface area contributed by atoms with Crippen molar-refractivity contribution in [2.75, 3.05) is 6.73 Å². The summed E-state index contributed by atoms with van der Waals surface area (Å²) >= 11 is 0. The SMILES string of the molecule is Cc1c2c(cc3c1O/C(=C\c1ccco1)C3=O)CN(Cc1ccc(F)cc1)CO2. The van der Waals surface area contributed by atoms with Gasteiger partial charge in [-0.15, -0.1) is 0 Å². The molecule has 1 aromatic heterocycles. The molecule has 3 heterocycles. The number of ketones is 1. The Balaban J connectivity index is 1.42. The van der Waals surface area contributed by atoms with Gasteiger partial charge in [-0.25, -0.2) is 4.39 Å². The van der Waals surface area contributed by atoms with Gasteiger partial charge >= 0.3 is 0 Å². The summed E-state index contributed by atoms with van der Waals surface area (Å²) < 4.78 is 30.2. The number of hydrogen-bond donors (Lipinski definition) is 0. The van der Waals surface area contributed by atoms with Crippen molar-refractivity contribution in [2.45, 2.75) is 20.0 Å². The number of halogens is 1. The van der Waals surface area contributed by atoms with Gasteiger partial charge in [-0.1, -0.05) is 12.1 Å². The second kappa shape index (κ2) is 6.90. The van der Waals surface area contributed by atoms with Crippen molar-refractivity contribution in [2.24, 2.45) is 0 Å². The Bertz CT molecular complexity index is 1120. The highest BCUT2D eigenvalue weighted by Gasteiger charge is 2.33. The molecule has 2 aliphatic heterocycles. The molecule has 5 rings (SSSR count). The number of Topliss-reactive ketones (excluding diaryl/α,β-unsaturated/α-hetero) is 1. The van der Waals surface area contributed by atoms with E-state index in [1.807, 2.05) is 13.0 Å². The Morgan fingerprint density at radius 3 is 2.76 bits per heavy atom. The summed E-state index contributed by atoms with van der Waals surface area (Å²) in [6, 6.07) is 11.8. The minimum atomic E-state index is -0.253. The molecule has 0 saturated heterocycles. The van der Waals surface area contributed by atoms with Gasteiger partial charge in [-0.3, -0.25) is 9.69 Å². The maximum absolute atomic E-state index is 13.1. The van der Waals surface area contributed by atoms with Crippen LogP contribution in [-0.4, -0.2) is 17.4 Å². The zero-order valence-corrected chi connectivity index (χ0v) is 15.8. The van der Waals surface area contributed by atoms with E-state index in [0.717, 1.165) is 22.4 Å². The number of hydrogen-bond acceptors (Lipinski definition) is 5. The predicted octanol–water partition coefficient (Wildman–Crippen LogP) is 4.70. The highest BCUT2D eigenvalue weighted by Crippen LogP contribution is 2.43. The predicted molar refractivity (Wildman–Crippen MR) is 104 cm³/mol. The minimum absolute atomic E-state index is 0.169. The van der Waals surface area contributed by atoms with E-state index < -0.39 is 0 Å². The summed E-state index contributed by atoms with van der Waals surface area (Å²) in [5.74, 6) is 1.67. The fourth-order valence-electron chi connectivity index (χ4n) is 3.75. The molecule has 0 aliphatic carbocycles. The molecule has 0 fully saturated rings. The van der Waals surface area contributed by atoms with Gasteiger partial charge in [-0.05, 0) is 42.8 Å². The van der Waals surface area contributed by atoms with Crippen molar-refractivity contribution in [1.29, 1.82) is 0 Å². The average molecular weight is 391 g/mol. The van der Waals surface area contributed by atoms with Crippen molar-refractivity contribution in [3.05, 3.63) is 88.3 Å². The van der Waals surface area contributed by atoms with E-state index in [2.05, 4.69) is 4.90 Å². The number of fused-ring (bicyclic) bond motifs is 2. The first kappa shape index (κ1) is 17.7. The number of ether oxygens (including phenoxy) is 2. The summed E-state index contributed by atoms with van der Waals surface area (Å²) in [6.07, 6.45) is 3.15. The van der Waals surface area contributed by atoms with Gasteiger partial charge in [0.25, 0.3) is 0 Å². The van der Waals surface area contributed by atoms with Crippen molar-refractivity contribution in [3.8, 4) is 11.5 Å². The lowest BCUT2D eigenvalue weighted by Gasteiger charge is -2.30. The maximum atomic E-state index is 13.1. The number of benzene rings is 2. The van der Waals surface area contributed by atoms with Crippen LogP contribution < -0.4 is 9.47 Å². The summed E-state index contributed by atoms with van der Waals surface area (Å²) in [6.45, 7) is 3.57. The third-order valence-corrected chi connectivity index (χ3v) is 5.14. The Kier molecular flexibility index (Phi) is 4.21. The van der Waals surface area contributed by atoms with Crippen molar-refractivity contribution >= 4 is 11.9 Å². The van der Waals surface area contributed by atoms with Gasteiger partial charge in [-0.2, -0.15) is 0 Å². The molecule has 0 unspecified atom stereocenters. The normalized spacial score (nSPS) is 17.0. The van der Waals surface area contributed by atoms with Crippen LogP contribution in [0, 0.1) is 12.7 Å². The lowest BCUT2D eigenvalue weighted by Crippen LogP contribution is -2.32. The van der Waals surface area contributed by atoms with Gasteiger partial charge in [0.1, 0.15) is 29.8 Å². The number of furan rings is 1.